The van der Waals surface area contributed by atoms with Crippen molar-refractivity contribution in [1.29, 1.82) is 0 Å². The highest BCUT2D eigenvalue weighted by Crippen LogP contribution is 2.46. The highest BCUT2D eigenvalue weighted by Gasteiger charge is 2.27. The number of amidine groups is 2. The molecule has 9 aromatic carbocycles. The van der Waals surface area contributed by atoms with E-state index < -0.39 is 0 Å². The van der Waals surface area contributed by atoms with Crippen LogP contribution in [0.1, 0.15) is 35.2 Å². The summed E-state index contributed by atoms with van der Waals surface area (Å²) in [7, 11) is 0. The van der Waals surface area contributed by atoms with Crippen molar-refractivity contribution in [2.24, 2.45) is 9.98 Å². The Bertz CT molecular complexity index is 4130. The van der Waals surface area contributed by atoms with Crippen LogP contribution in [0.5, 0.6) is 0 Å². The number of aromatic nitrogens is 1. The van der Waals surface area contributed by atoms with E-state index in [9.17, 15) is 0 Å². The predicted molar refractivity (Wildman–Crippen MR) is 284 cm³/mol. The van der Waals surface area contributed by atoms with Gasteiger partial charge in [-0.05, 0) is 70.6 Å². The van der Waals surface area contributed by atoms with Gasteiger partial charge >= 0.3 is 0 Å². The molecule has 0 amide bonds. The van der Waals surface area contributed by atoms with Crippen LogP contribution in [0.15, 0.2) is 249 Å². The first-order chi connectivity index (χ1) is 34.2. The van der Waals surface area contributed by atoms with Crippen LogP contribution in [-0.2, 0) is 0 Å². The molecule has 1 aliphatic heterocycles. The molecule has 0 spiro atoms. The summed E-state index contributed by atoms with van der Waals surface area (Å²) in [6, 6.07) is 72.7. The summed E-state index contributed by atoms with van der Waals surface area (Å²) in [5.41, 5.74) is 15.5. The number of hydrogen-bond donors (Lipinski definition) is 1. The third-order valence-electron chi connectivity index (χ3n) is 14.0. The fourth-order valence-corrected chi connectivity index (χ4v) is 10.9. The maximum atomic E-state index is 6.96. The molecule has 6 nitrogen and oxygen atoms in total. The van der Waals surface area contributed by atoms with Gasteiger partial charge in [-0.1, -0.05) is 188 Å². The molecular weight excluding hydrogens is 845 g/mol. The number of allylic oxidation sites excluding steroid dienone is 3. The lowest BCUT2D eigenvalue weighted by Gasteiger charge is -2.26. The van der Waals surface area contributed by atoms with Gasteiger partial charge in [-0.3, -0.25) is 0 Å². The zero-order valence-electron chi connectivity index (χ0n) is 37.4. The van der Waals surface area contributed by atoms with Gasteiger partial charge in [-0.25, -0.2) is 9.98 Å². The van der Waals surface area contributed by atoms with E-state index in [1.165, 1.54) is 27.5 Å². The highest BCUT2D eigenvalue weighted by molar-refractivity contribution is 6.19. The topological polar surface area (TPSA) is 68.0 Å². The van der Waals surface area contributed by atoms with E-state index >= 15 is 0 Å². The van der Waals surface area contributed by atoms with E-state index in [0.717, 1.165) is 107 Å². The molecule has 12 aromatic rings. The molecule has 69 heavy (non-hydrogen) atoms. The molecule has 2 unspecified atom stereocenters. The lowest BCUT2D eigenvalue weighted by Crippen LogP contribution is -2.34. The number of furan rings is 2. The average Bonchev–Trinajstić information content (AvgIpc) is 4.11. The first-order valence-electron chi connectivity index (χ1n) is 23.6. The van der Waals surface area contributed by atoms with Crippen molar-refractivity contribution in [2.45, 2.75) is 18.5 Å². The van der Waals surface area contributed by atoms with Gasteiger partial charge in [0.25, 0.3) is 0 Å². The smallest absolute Gasteiger partial charge is 0.155 e. The minimum absolute atomic E-state index is 0.0734. The van der Waals surface area contributed by atoms with Gasteiger partial charge in [-0.15, -0.1) is 0 Å². The van der Waals surface area contributed by atoms with Gasteiger partial charge in [0.05, 0.1) is 22.1 Å². The number of aliphatic imine (C=N–C) groups is 2. The number of hydrogen-bond acceptors (Lipinski definition) is 5. The second-order valence-corrected chi connectivity index (χ2v) is 18.0. The van der Waals surface area contributed by atoms with E-state index in [4.69, 9.17) is 18.8 Å². The maximum Gasteiger partial charge on any atom is 0.155 e. The quantitative estimate of drug-likeness (QED) is 0.173. The van der Waals surface area contributed by atoms with Crippen LogP contribution in [0, 0.1) is 0 Å². The van der Waals surface area contributed by atoms with Crippen molar-refractivity contribution in [2.75, 3.05) is 0 Å². The number of nitrogens with one attached hydrogen (secondary N) is 1. The Hall–Kier alpha value is -9.00. The SMILES string of the molecule is C1=CC(c2cccc3oc4c(-c5cccc6c5oc5cccc(-n7c8ccccc8c8cc(-c9ccccc9)ccc87)c56)cccc4c23)CC(C2=NC(c3ccccc3)NC(c3ccccc3)=N2)=C1. The second kappa shape index (κ2) is 15.8. The van der Waals surface area contributed by atoms with Crippen molar-refractivity contribution in [3.05, 3.63) is 247 Å². The first-order valence-corrected chi connectivity index (χ1v) is 23.6. The molecule has 0 bridgehead atoms. The van der Waals surface area contributed by atoms with Gasteiger partial charge in [0.15, 0.2) is 5.84 Å². The fourth-order valence-electron chi connectivity index (χ4n) is 10.9. The summed E-state index contributed by atoms with van der Waals surface area (Å²) < 4.78 is 16.3. The number of benzene rings is 9. The normalized spacial score (nSPS) is 16.1. The number of para-hydroxylation sites is 3. The largest absolute Gasteiger partial charge is 0.455 e. The van der Waals surface area contributed by atoms with Crippen molar-refractivity contribution in [3.63, 3.8) is 0 Å². The van der Waals surface area contributed by atoms with E-state index in [2.05, 4.69) is 210 Å². The molecule has 0 fully saturated rings. The van der Waals surface area contributed by atoms with Gasteiger partial charge in [0.2, 0.25) is 0 Å². The third-order valence-corrected chi connectivity index (χ3v) is 14.0. The highest BCUT2D eigenvalue weighted by atomic mass is 16.3. The first kappa shape index (κ1) is 39.2. The number of fused-ring (bicyclic) bond motifs is 9. The lowest BCUT2D eigenvalue weighted by atomic mass is 9.85. The Morgan fingerprint density at radius 1 is 0.507 bits per heavy atom. The molecule has 0 saturated carbocycles. The second-order valence-electron chi connectivity index (χ2n) is 18.0. The van der Waals surface area contributed by atoms with Crippen molar-refractivity contribution < 1.29 is 8.83 Å². The van der Waals surface area contributed by atoms with Crippen molar-refractivity contribution >= 4 is 77.4 Å². The standard InChI is InChI=1S/C63H42N4O2/c1-4-17-39(18-5-1)42-35-36-53-51(38-42)46-25-10-11-31-52(46)67(53)54-32-16-34-56-58(54)50-30-14-28-48(60(50)69-56)47-27-13-29-49-57-45(26-15-33-55(57)68-59(47)49)43-23-12-24-44(37-43)63-65-61(40-19-6-2-7-20-40)64-62(66-63)41-21-8-3-9-22-41/h1-36,38,43,61H,37H2,(H,64,65,66). The summed E-state index contributed by atoms with van der Waals surface area (Å²) in [4.78, 5) is 10.4. The zero-order chi connectivity index (χ0) is 45.4. The van der Waals surface area contributed by atoms with Gasteiger partial charge in [-0.2, -0.15) is 0 Å². The van der Waals surface area contributed by atoms with Crippen LogP contribution in [0.2, 0.25) is 0 Å². The molecule has 0 radical (unpaired) electrons. The predicted octanol–water partition coefficient (Wildman–Crippen LogP) is 16.0. The molecule has 326 valence electrons. The molecule has 6 heteroatoms. The molecule has 2 aliphatic rings. The summed E-state index contributed by atoms with van der Waals surface area (Å²) in [6.07, 6.45) is 7.11. The van der Waals surface area contributed by atoms with E-state index in [-0.39, 0.29) is 12.1 Å². The molecule has 1 N–H and O–H groups in total. The Balaban J connectivity index is 0.867. The Kier molecular flexibility index (Phi) is 8.99. The summed E-state index contributed by atoms with van der Waals surface area (Å²) in [6.45, 7) is 0. The van der Waals surface area contributed by atoms with Crippen LogP contribution in [0.3, 0.4) is 0 Å². The molecule has 2 atom stereocenters. The molecule has 1 aliphatic carbocycles. The third kappa shape index (κ3) is 6.40. The molecule has 4 heterocycles. The Morgan fingerprint density at radius 3 is 1.90 bits per heavy atom. The summed E-state index contributed by atoms with van der Waals surface area (Å²) >= 11 is 0. The lowest BCUT2D eigenvalue weighted by molar-refractivity contribution is 0.664. The fraction of sp³-hybridized carbons (Fsp3) is 0.0476. The maximum absolute atomic E-state index is 6.96. The van der Waals surface area contributed by atoms with E-state index in [0.29, 0.717) is 0 Å². The average molecular weight is 887 g/mol. The van der Waals surface area contributed by atoms with Crippen molar-refractivity contribution in [1.82, 2.24) is 9.88 Å². The summed E-state index contributed by atoms with van der Waals surface area (Å²) in [5, 5.41) is 10.4. The monoisotopic (exact) mass is 886 g/mol. The molecular formula is C63H42N4O2. The zero-order valence-corrected chi connectivity index (χ0v) is 37.4. The van der Waals surface area contributed by atoms with Crippen LogP contribution >= 0.6 is 0 Å². The van der Waals surface area contributed by atoms with Gasteiger partial charge < -0.3 is 18.7 Å². The van der Waals surface area contributed by atoms with Crippen LogP contribution in [0.25, 0.3) is 93.6 Å². The van der Waals surface area contributed by atoms with Crippen LogP contribution < -0.4 is 5.32 Å². The van der Waals surface area contributed by atoms with Crippen LogP contribution in [-0.4, -0.2) is 16.2 Å². The Labute approximate surface area is 397 Å². The minimum Gasteiger partial charge on any atom is -0.455 e. The Morgan fingerprint density at radius 2 is 1.13 bits per heavy atom. The van der Waals surface area contributed by atoms with E-state index in [1.807, 2.05) is 24.3 Å². The van der Waals surface area contributed by atoms with Crippen molar-refractivity contribution in [3.8, 4) is 27.9 Å². The number of nitrogens with zero attached hydrogens (tertiary/aromatic N) is 3. The van der Waals surface area contributed by atoms with Gasteiger partial charge in [0.1, 0.15) is 34.3 Å². The molecule has 14 rings (SSSR count). The molecule has 0 saturated heterocycles. The van der Waals surface area contributed by atoms with Crippen LogP contribution in [0.4, 0.5) is 0 Å². The minimum atomic E-state index is -0.260. The van der Waals surface area contributed by atoms with E-state index in [1.54, 1.807) is 0 Å². The van der Waals surface area contributed by atoms with Gasteiger partial charge in [0, 0.05) is 49.5 Å². The summed E-state index contributed by atoms with van der Waals surface area (Å²) in [5.74, 6) is 1.64. The molecule has 3 aromatic heterocycles. The number of rotatable bonds is 7.